The topological polar surface area (TPSA) is 192 Å². The number of aliphatic hydroxyl groups is 2. The number of phosphoric ester groups is 1. The van der Waals surface area contributed by atoms with Gasteiger partial charge >= 0.3 is 7.82 Å². The summed E-state index contributed by atoms with van der Waals surface area (Å²) < 4.78 is 36.1. The van der Waals surface area contributed by atoms with Crippen LogP contribution in [0.5, 0.6) is 0 Å². The third kappa shape index (κ3) is 13.7. The normalized spacial score (nSPS) is 25.2. The average Bonchev–Trinajstić information content (AvgIpc) is 3.68. The molecule has 13 nitrogen and oxygen atoms in total. The molecule has 1 aromatic rings. The standard InChI is InChI=1S/C39H61ClN5O8P/c1-3-4-5-6-7-8-9-10-11-12-13-14-15-16-17-18-32(50-25-30-21-29(24-41)22-31(40)23-30)26-51-54(48,49)52-27-39(2)37(47)35(46)36(53-39)33-19-20-34-38(42)43-28-44-45(33)34/h20-23,28,32-33,35-37,46-47H,3-19,25-27H2,1-2H3,(H,48,49)(H2,42,43,44)/t32-,33?,35+,36+,37+,39-/m1/s1. The maximum atomic E-state index is 13.1. The van der Waals surface area contributed by atoms with E-state index in [9.17, 15) is 24.9 Å². The number of amidine groups is 1. The van der Waals surface area contributed by atoms with E-state index in [1.165, 1.54) is 90.3 Å². The summed E-state index contributed by atoms with van der Waals surface area (Å²) in [5, 5.41) is 37.5. The number of nitrogens with two attached hydrogens (primary N) is 1. The third-order valence-corrected chi connectivity index (χ3v) is 11.6. The van der Waals surface area contributed by atoms with Crippen molar-refractivity contribution in [3.63, 3.8) is 0 Å². The number of hydrogen-bond acceptors (Lipinski definition) is 12. The van der Waals surface area contributed by atoms with Gasteiger partial charge in [0.25, 0.3) is 0 Å². The van der Waals surface area contributed by atoms with Crippen LogP contribution in [0.1, 0.15) is 134 Å². The van der Waals surface area contributed by atoms with E-state index in [0.717, 1.165) is 19.3 Å². The Morgan fingerprint density at radius 2 is 1.67 bits per heavy atom. The molecule has 15 heteroatoms. The van der Waals surface area contributed by atoms with Crippen molar-refractivity contribution in [3.8, 4) is 6.07 Å². The zero-order valence-electron chi connectivity index (χ0n) is 32.0. The van der Waals surface area contributed by atoms with Crippen molar-refractivity contribution in [2.24, 2.45) is 15.8 Å². The molecule has 3 heterocycles. The summed E-state index contributed by atoms with van der Waals surface area (Å²) in [6, 6.07) is 6.59. The Kier molecular flexibility index (Phi) is 18.4. The summed E-state index contributed by atoms with van der Waals surface area (Å²) >= 11 is 6.19. The van der Waals surface area contributed by atoms with Crippen LogP contribution < -0.4 is 5.73 Å². The van der Waals surface area contributed by atoms with Gasteiger partial charge in [-0.2, -0.15) is 10.4 Å². The zero-order valence-corrected chi connectivity index (χ0v) is 33.6. The van der Waals surface area contributed by atoms with Crippen molar-refractivity contribution in [3.05, 3.63) is 46.1 Å². The number of nitriles is 1. The highest BCUT2D eigenvalue weighted by atomic mass is 35.5. The molecule has 4 rings (SSSR count). The molecule has 1 aromatic carbocycles. The quantitative estimate of drug-likeness (QED) is 0.0532. The van der Waals surface area contributed by atoms with Crippen LogP contribution in [0.4, 0.5) is 0 Å². The monoisotopic (exact) mass is 793 g/mol. The number of nitrogens with zero attached hydrogens (tertiary/aromatic N) is 4. The van der Waals surface area contributed by atoms with Crippen LogP contribution in [-0.2, 0) is 29.7 Å². The lowest BCUT2D eigenvalue weighted by Gasteiger charge is -2.32. The maximum absolute atomic E-state index is 13.1. The van der Waals surface area contributed by atoms with Crippen molar-refractivity contribution in [1.82, 2.24) is 5.01 Å². The fourth-order valence-corrected chi connectivity index (χ4v) is 8.38. The molecule has 1 saturated heterocycles. The highest BCUT2D eigenvalue weighted by Crippen LogP contribution is 2.47. The van der Waals surface area contributed by atoms with Gasteiger partial charge in [-0.3, -0.25) is 14.1 Å². The first-order chi connectivity index (χ1) is 26.0. The molecule has 0 amide bonds. The maximum Gasteiger partial charge on any atom is 0.472 e. The van der Waals surface area contributed by atoms with Gasteiger partial charge in [-0.25, -0.2) is 9.56 Å². The van der Waals surface area contributed by atoms with Crippen molar-refractivity contribution in [2.45, 2.75) is 166 Å². The SMILES string of the molecule is CCCCCCCCCCCCCCCCC[C@H](COP(=O)(O)OC[C@@]1(C)O[C@@H](C2CC=C3C(N)=NC=NN32)[C@H](O)[C@@H]1O)OCc1cc(Cl)cc(C#N)c1. The molecule has 3 aliphatic rings. The van der Waals surface area contributed by atoms with E-state index in [-0.39, 0.29) is 19.0 Å². The number of aliphatic hydroxyl groups excluding tert-OH is 2. The van der Waals surface area contributed by atoms with E-state index in [2.05, 4.69) is 23.1 Å². The largest absolute Gasteiger partial charge is 0.472 e. The van der Waals surface area contributed by atoms with Gasteiger partial charge in [0.15, 0.2) is 5.84 Å². The van der Waals surface area contributed by atoms with Gasteiger partial charge in [-0.1, -0.05) is 121 Å². The Morgan fingerprint density at radius 3 is 2.30 bits per heavy atom. The Hall–Kier alpha value is -2.37. The number of fused-ring (bicyclic) bond motifs is 1. The third-order valence-electron chi connectivity index (χ3n) is 10.5. The van der Waals surface area contributed by atoms with Gasteiger partial charge in [-0.15, -0.1) is 0 Å². The first-order valence-corrected chi connectivity index (χ1v) is 21.7. The van der Waals surface area contributed by atoms with E-state index in [4.69, 9.17) is 35.9 Å². The van der Waals surface area contributed by atoms with Gasteiger partial charge in [0, 0.05) is 5.02 Å². The summed E-state index contributed by atoms with van der Waals surface area (Å²) in [7, 11) is -4.65. The fourth-order valence-electron chi connectivity index (χ4n) is 7.27. The van der Waals surface area contributed by atoms with Crippen LogP contribution >= 0.6 is 19.4 Å². The predicted molar refractivity (Wildman–Crippen MR) is 210 cm³/mol. The molecule has 0 aliphatic carbocycles. The molecular formula is C39H61ClN5O8P. The number of rotatable bonds is 26. The molecule has 0 saturated carbocycles. The van der Waals surface area contributed by atoms with Gasteiger partial charge in [0.05, 0.1) is 49.3 Å². The molecule has 302 valence electrons. The second kappa shape index (κ2) is 22.4. The minimum absolute atomic E-state index is 0.131. The molecule has 0 bridgehead atoms. The van der Waals surface area contributed by atoms with E-state index in [0.29, 0.717) is 34.7 Å². The summed E-state index contributed by atoms with van der Waals surface area (Å²) in [5.74, 6) is 0.284. The van der Waals surface area contributed by atoms with Crippen molar-refractivity contribution in [1.29, 1.82) is 5.26 Å². The van der Waals surface area contributed by atoms with E-state index in [1.807, 2.05) is 6.08 Å². The van der Waals surface area contributed by atoms with Gasteiger partial charge in [0.2, 0.25) is 0 Å². The highest BCUT2D eigenvalue weighted by Gasteiger charge is 2.56. The summed E-state index contributed by atoms with van der Waals surface area (Å²) in [4.78, 5) is 14.7. The molecular weight excluding hydrogens is 733 g/mol. The van der Waals surface area contributed by atoms with E-state index < -0.39 is 50.5 Å². The number of phosphoric acid groups is 1. The number of halogens is 1. The molecule has 0 radical (unpaired) electrons. The molecule has 54 heavy (non-hydrogen) atoms. The fraction of sp³-hybridized carbons (Fsp3) is 0.718. The molecule has 2 unspecified atom stereocenters. The minimum Gasteiger partial charge on any atom is -0.387 e. The molecule has 7 atom stereocenters. The second-order valence-corrected chi connectivity index (χ2v) is 16.9. The number of unbranched alkanes of at least 4 members (excludes halogenated alkanes) is 14. The Labute approximate surface area is 326 Å². The van der Waals surface area contributed by atoms with Crippen LogP contribution in [0.15, 0.2) is 40.1 Å². The summed E-state index contributed by atoms with van der Waals surface area (Å²) in [6.07, 6.45) is 18.6. The first-order valence-electron chi connectivity index (χ1n) is 19.8. The first kappa shape index (κ1) is 44.3. The predicted octanol–water partition coefficient (Wildman–Crippen LogP) is 7.64. The van der Waals surface area contributed by atoms with E-state index >= 15 is 0 Å². The highest BCUT2D eigenvalue weighted by molar-refractivity contribution is 7.47. The Bertz CT molecular complexity index is 1510. The number of benzene rings is 1. The number of aliphatic imine (C=N–C) groups is 1. The van der Waals surface area contributed by atoms with Crippen molar-refractivity contribution in [2.75, 3.05) is 13.2 Å². The van der Waals surface area contributed by atoms with Gasteiger partial charge in [0.1, 0.15) is 30.3 Å². The minimum atomic E-state index is -4.65. The van der Waals surface area contributed by atoms with Crippen molar-refractivity contribution >= 4 is 31.6 Å². The van der Waals surface area contributed by atoms with Crippen LogP contribution in [0, 0.1) is 11.3 Å². The Balaban J connectivity index is 1.21. The molecule has 0 spiro atoms. The second-order valence-electron chi connectivity index (χ2n) is 15.0. The number of ether oxygens (including phenoxy) is 2. The summed E-state index contributed by atoms with van der Waals surface area (Å²) in [6.45, 7) is 3.13. The van der Waals surface area contributed by atoms with Crippen LogP contribution in [0.2, 0.25) is 5.02 Å². The molecule has 0 aromatic heterocycles. The lowest BCUT2D eigenvalue weighted by atomic mass is 9.95. The Morgan fingerprint density at radius 1 is 1.04 bits per heavy atom. The molecule has 1 fully saturated rings. The summed E-state index contributed by atoms with van der Waals surface area (Å²) in [5.41, 5.74) is 6.15. The number of hydrogen-bond donors (Lipinski definition) is 4. The van der Waals surface area contributed by atoms with Crippen molar-refractivity contribution < 1.29 is 38.2 Å². The van der Waals surface area contributed by atoms with Gasteiger partial charge in [-0.05, 0) is 43.5 Å². The average molecular weight is 794 g/mol. The lowest BCUT2D eigenvalue weighted by molar-refractivity contribution is -0.110. The zero-order chi connectivity index (χ0) is 39.0. The molecule has 3 aliphatic heterocycles. The lowest BCUT2D eigenvalue weighted by Crippen LogP contribution is -2.46. The smallest absolute Gasteiger partial charge is 0.387 e. The van der Waals surface area contributed by atoms with Gasteiger partial charge < -0.3 is 30.3 Å². The molecule has 5 N–H and O–H groups in total. The van der Waals surface area contributed by atoms with Crippen LogP contribution in [0.3, 0.4) is 0 Å². The number of hydrazone groups is 1. The van der Waals surface area contributed by atoms with Crippen LogP contribution in [0.25, 0.3) is 0 Å². The van der Waals surface area contributed by atoms with E-state index in [1.54, 1.807) is 23.2 Å². The van der Waals surface area contributed by atoms with Crippen LogP contribution in [-0.4, -0.2) is 81.6 Å².